The van der Waals surface area contributed by atoms with Gasteiger partial charge in [-0.15, -0.1) is 0 Å². The molecule has 3 heteroatoms. The maximum absolute atomic E-state index is 10.4. The zero-order valence-electron chi connectivity index (χ0n) is 8.27. The average molecular weight is 212 g/mol. The second-order valence-corrected chi connectivity index (χ2v) is 3.11. The predicted molar refractivity (Wildman–Crippen MR) is 57.2 cm³/mol. The summed E-state index contributed by atoms with van der Waals surface area (Å²) in [6.45, 7) is 4.26. The standard InChI is InChI=1S/C10H20O2.K.H/c1-3-4-5-6-7-8-9-12-10(2)11;;/h3-9H2,1-2H3;;. The van der Waals surface area contributed by atoms with Crippen molar-refractivity contribution in [3.63, 3.8) is 0 Å². The molecule has 2 nitrogen and oxygen atoms in total. The molecule has 0 aliphatic rings. The molecule has 0 spiro atoms. The first-order valence-electron chi connectivity index (χ1n) is 4.90. The van der Waals surface area contributed by atoms with E-state index in [2.05, 4.69) is 6.92 Å². The summed E-state index contributed by atoms with van der Waals surface area (Å²) in [6, 6.07) is 0. The number of carbonyl (C=O) groups is 1. The SMILES string of the molecule is CCCCCCCCOC(C)=O.[KH]. The molecule has 0 aromatic heterocycles. The Bertz CT molecular complexity index is 115. The summed E-state index contributed by atoms with van der Waals surface area (Å²) in [4.78, 5) is 10.4. The van der Waals surface area contributed by atoms with Crippen LogP contribution in [0.25, 0.3) is 0 Å². The van der Waals surface area contributed by atoms with E-state index in [0.29, 0.717) is 6.61 Å². The van der Waals surface area contributed by atoms with Crippen LogP contribution in [0.5, 0.6) is 0 Å². The van der Waals surface area contributed by atoms with Gasteiger partial charge in [-0.25, -0.2) is 0 Å². The Balaban J connectivity index is 0. The Kier molecular flexibility index (Phi) is 16.7. The van der Waals surface area contributed by atoms with E-state index in [1.54, 1.807) is 0 Å². The minimum absolute atomic E-state index is 0. The summed E-state index contributed by atoms with van der Waals surface area (Å²) in [5.74, 6) is -0.163. The summed E-state index contributed by atoms with van der Waals surface area (Å²) < 4.78 is 4.81. The zero-order chi connectivity index (χ0) is 9.23. The van der Waals surface area contributed by atoms with Crippen molar-refractivity contribution >= 4 is 57.4 Å². The summed E-state index contributed by atoms with van der Waals surface area (Å²) in [6.07, 6.45) is 7.40. The van der Waals surface area contributed by atoms with Crippen molar-refractivity contribution in [1.82, 2.24) is 0 Å². The third-order valence-electron chi connectivity index (χ3n) is 1.80. The van der Waals surface area contributed by atoms with Crippen LogP contribution in [0.2, 0.25) is 0 Å². The van der Waals surface area contributed by atoms with Gasteiger partial charge in [0.05, 0.1) is 6.61 Å². The van der Waals surface area contributed by atoms with E-state index in [4.69, 9.17) is 4.74 Å². The van der Waals surface area contributed by atoms with Crippen molar-refractivity contribution in [2.45, 2.75) is 52.4 Å². The molecule has 0 fully saturated rings. The van der Waals surface area contributed by atoms with Crippen LogP contribution < -0.4 is 0 Å². The first-order valence-corrected chi connectivity index (χ1v) is 4.90. The molecule has 74 valence electrons. The molecule has 0 bridgehead atoms. The number of hydrogen-bond acceptors (Lipinski definition) is 2. The molecule has 0 aromatic rings. The van der Waals surface area contributed by atoms with Crippen LogP contribution in [0, 0.1) is 0 Å². The van der Waals surface area contributed by atoms with E-state index in [0.717, 1.165) is 6.42 Å². The molecule has 0 unspecified atom stereocenters. The van der Waals surface area contributed by atoms with Gasteiger partial charge in [0.15, 0.2) is 0 Å². The minimum atomic E-state index is -0.163. The molecule has 0 saturated carbocycles. The molecular weight excluding hydrogens is 191 g/mol. The topological polar surface area (TPSA) is 26.3 Å². The van der Waals surface area contributed by atoms with Crippen LogP contribution in [-0.4, -0.2) is 64.0 Å². The van der Waals surface area contributed by atoms with Crippen LogP contribution >= 0.6 is 0 Å². The van der Waals surface area contributed by atoms with Gasteiger partial charge in [0.1, 0.15) is 0 Å². The van der Waals surface area contributed by atoms with Crippen LogP contribution in [0.15, 0.2) is 0 Å². The quantitative estimate of drug-likeness (QED) is 0.367. The molecule has 0 amide bonds. The van der Waals surface area contributed by atoms with E-state index in [-0.39, 0.29) is 57.4 Å². The number of carbonyl (C=O) groups excluding carboxylic acids is 1. The molecule has 0 saturated heterocycles. The number of hydrogen-bond donors (Lipinski definition) is 0. The van der Waals surface area contributed by atoms with Gasteiger partial charge in [0.2, 0.25) is 0 Å². The Morgan fingerprint density at radius 3 is 2.15 bits per heavy atom. The van der Waals surface area contributed by atoms with E-state index in [9.17, 15) is 4.79 Å². The van der Waals surface area contributed by atoms with E-state index in [1.807, 2.05) is 0 Å². The van der Waals surface area contributed by atoms with Crippen LogP contribution in [0.4, 0.5) is 0 Å². The van der Waals surface area contributed by atoms with Crippen molar-refractivity contribution in [2.24, 2.45) is 0 Å². The third kappa shape index (κ3) is 15.8. The Hall–Kier alpha value is 1.11. The van der Waals surface area contributed by atoms with Crippen molar-refractivity contribution in [3.05, 3.63) is 0 Å². The normalized spacial score (nSPS) is 9.08. The zero-order valence-corrected chi connectivity index (χ0v) is 8.27. The number of esters is 1. The van der Waals surface area contributed by atoms with Crippen LogP contribution in [0.3, 0.4) is 0 Å². The van der Waals surface area contributed by atoms with Crippen molar-refractivity contribution in [3.8, 4) is 0 Å². The van der Waals surface area contributed by atoms with Gasteiger partial charge in [0, 0.05) is 6.92 Å². The molecule has 0 N–H and O–H groups in total. The fourth-order valence-corrected chi connectivity index (χ4v) is 1.10. The van der Waals surface area contributed by atoms with Gasteiger partial charge >= 0.3 is 57.4 Å². The molecule has 0 radical (unpaired) electrons. The maximum atomic E-state index is 10.4. The number of unbranched alkanes of at least 4 members (excludes halogenated alkanes) is 5. The molecule has 0 atom stereocenters. The second-order valence-electron chi connectivity index (χ2n) is 3.11. The van der Waals surface area contributed by atoms with Gasteiger partial charge in [-0.3, -0.25) is 4.79 Å². The van der Waals surface area contributed by atoms with Crippen LogP contribution in [-0.2, 0) is 9.53 Å². The van der Waals surface area contributed by atoms with Gasteiger partial charge in [-0.05, 0) is 6.42 Å². The summed E-state index contributed by atoms with van der Waals surface area (Å²) in [7, 11) is 0. The number of rotatable bonds is 7. The first-order chi connectivity index (χ1) is 5.77. The Morgan fingerprint density at radius 2 is 1.62 bits per heavy atom. The molecule has 0 aliphatic heterocycles. The van der Waals surface area contributed by atoms with Gasteiger partial charge in [0.25, 0.3) is 0 Å². The van der Waals surface area contributed by atoms with E-state index < -0.39 is 0 Å². The average Bonchev–Trinajstić information content (AvgIpc) is 2.02. The van der Waals surface area contributed by atoms with Crippen molar-refractivity contribution in [1.29, 1.82) is 0 Å². The third-order valence-corrected chi connectivity index (χ3v) is 1.80. The molecule has 13 heavy (non-hydrogen) atoms. The molecule has 0 rings (SSSR count). The van der Waals surface area contributed by atoms with Gasteiger partial charge < -0.3 is 4.74 Å². The summed E-state index contributed by atoms with van der Waals surface area (Å²) >= 11 is 0. The molecular formula is C10H21KO2. The van der Waals surface area contributed by atoms with Crippen molar-refractivity contribution < 1.29 is 9.53 Å². The number of ether oxygens (including phenoxy) is 1. The predicted octanol–water partition coefficient (Wildman–Crippen LogP) is 2.26. The van der Waals surface area contributed by atoms with Gasteiger partial charge in [-0.2, -0.15) is 0 Å². The van der Waals surface area contributed by atoms with Crippen LogP contribution in [0.1, 0.15) is 52.4 Å². The first kappa shape index (κ1) is 16.5. The molecule has 0 aliphatic carbocycles. The van der Waals surface area contributed by atoms with Gasteiger partial charge in [-0.1, -0.05) is 39.0 Å². The summed E-state index contributed by atoms with van der Waals surface area (Å²) in [5.41, 5.74) is 0. The Labute approximate surface area is 124 Å². The summed E-state index contributed by atoms with van der Waals surface area (Å²) in [5, 5.41) is 0. The molecule has 0 aromatic carbocycles. The second kappa shape index (κ2) is 13.1. The van der Waals surface area contributed by atoms with Crippen molar-refractivity contribution in [2.75, 3.05) is 6.61 Å². The Morgan fingerprint density at radius 1 is 1.08 bits per heavy atom. The van der Waals surface area contributed by atoms with E-state index in [1.165, 1.54) is 39.0 Å². The fourth-order valence-electron chi connectivity index (χ4n) is 1.10. The fraction of sp³-hybridized carbons (Fsp3) is 0.900. The monoisotopic (exact) mass is 212 g/mol. The molecule has 0 heterocycles. The van der Waals surface area contributed by atoms with E-state index >= 15 is 0 Å².